The fourth-order valence-electron chi connectivity index (χ4n) is 1.62. The summed E-state index contributed by atoms with van der Waals surface area (Å²) in [6.07, 6.45) is 0. The molecule has 1 N–H and O–H groups in total. The van der Waals surface area contributed by atoms with Crippen LogP contribution in [-0.4, -0.2) is 23.4 Å². The molecule has 5 heteroatoms. The molecule has 0 aromatic heterocycles. The molecular formula is C15H13ClO3S. The van der Waals surface area contributed by atoms with Crippen LogP contribution in [0.2, 0.25) is 5.02 Å². The minimum absolute atomic E-state index is 0.124. The van der Waals surface area contributed by atoms with E-state index in [0.29, 0.717) is 17.4 Å². The lowest BCUT2D eigenvalue weighted by molar-refractivity contribution is 0.0692. The van der Waals surface area contributed by atoms with Gasteiger partial charge in [-0.2, -0.15) is 0 Å². The third-order valence-corrected chi connectivity index (χ3v) is 3.74. The highest BCUT2D eigenvalue weighted by Crippen LogP contribution is 2.24. The highest BCUT2D eigenvalue weighted by molar-refractivity contribution is 7.99. The standard InChI is InChI=1S/C15H13ClO3S/c16-11-6-7-13(15(17)18)14(10-11)19-8-9-20-12-4-2-1-3-5-12/h1-7,10H,8-9H2,(H,17,18). The van der Waals surface area contributed by atoms with Crippen LogP contribution in [0.4, 0.5) is 0 Å². The quantitative estimate of drug-likeness (QED) is 0.641. The van der Waals surface area contributed by atoms with Gasteiger partial charge in [-0.1, -0.05) is 29.8 Å². The first kappa shape index (κ1) is 14.8. The number of aromatic carboxylic acids is 1. The summed E-state index contributed by atoms with van der Waals surface area (Å²) in [5, 5.41) is 9.52. The maximum atomic E-state index is 11.1. The number of hydrogen-bond acceptors (Lipinski definition) is 3. The number of rotatable bonds is 6. The van der Waals surface area contributed by atoms with Gasteiger partial charge in [0.15, 0.2) is 0 Å². The number of hydrogen-bond donors (Lipinski definition) is 1. The second-order valence-electron chi connectivity index (χ2n) is 3.96. The van der Waals surface area contributed by atoms with E-state index in [1.807, 2.05) is 30.3 Å². The third-order valence-electron chi connectivity index (χ3n) is 2.53. The lowest BCUT2D eigenvalue weighted by atomic mass is 10.2. The predicted molar refractivity (Wildman–Crippen MR) is 81.1 cm³/mol. The summed E-state index contributed by atoms with van der Waals surface area (Å²) in [6, 6.07) is 14.5. The number of ether oxygens (including phenoxy) is 1. The van der Waals surface area contributed by atoms with Crippen LogP contribution in [0.5, 0.6) is 5.75 Å². The van der Waals surface area contributed by atoms with Gasteiger partial charge in [0.25, 0.3) is 0 Å². The predicted octanol–water partition coefficient (Wildman–Crippen LogP) is 4.21. The number of benzene rings is 2. The SMILES string of the molecule is O=C(O)c1ccc(Cl)cc1OCCSc1ccccc1. The average molecular weight is 309 g/mol. The van der Waals surface area contributed by atoms with Crippen molar-refractivity contribution in [1.82, 2.24) is 0 Å². The Morgan fingerprint density at radius 3 is 2.65 bits per heavy atom. The topological polar surface area (TPSA) is 46.5 Å². The first-order valence-corrected chi connectivity index (χ1v) is 7.36. The van der Waals surface area contributed by atoms with Gasteiger partial charge < -0.3 is 9.84 Å². The Hall–Kier alpha value is -1.65. The second-order valence-corrected chi connectivity index (χ2v) is 5.56. The van der Waals surface area contributed by atoms with Gasteiger partial charge in [-0.3, -0.25) is 0 Å². The van der Waals surface area contributed by atoms with E-state index < -0.39 is 5.97 Å². The molecule has 104 valence electrons. The number of carbonyl (C=O) groups is 1. The monoisotopic (exact) mass is 308 g/mol. The van der Waals surface area contributed by atoms with Crippen molar-refractivity contribution in [2.75, 3.05) is 12.4 Å². The lowest BCUT2D eigenvalue weighted by Crippen LogP contribution is -2.06. The Morgan fingerprint density at radius 2 is 1.95 bits per heavy atom. The van der Waals surface area contributed by atoms with Crippen molar-refractivity contribution >= 4 is 29.3 Å². The number of halogens is 1. The Bertz CT molecular complexity index is 587. The average Bonchev–Trinajstić information content (AvgIpc) is 2.44. The minimum atomic E-state index is -1.02. The van der Waals surface area contributed by atoms with E-state index in [4.69, 9.17) is 21.4 Å². The van der Waals surface area contributed by atoms with Crippen molar-refractivity contribution in [2.24, 2.45) is 0 Å². The third kappa shape index (κ3) is 4.18. The summed E-state index contributed by atoms with van der Waals surface area (Å²) in [5.41, 5.74) is 0.124. The summed E-state index contributed by atoms with van der Waals surface area (Å²) < 4.78 is 5.51. The molecule has 2 rings (SSSR count). The largest absolute Gasteiger partial charge is 0.492 e. The van der Waals surface area contributed by atoms with E-state index in [1.165, 1.54) is 18.2 Å². The van der Waals surface area contributed by atoms with Crippen molar-refractivity contribution < 1.29 is 14.6 Å². The highest BCUT2D eigenvalue weighted by atomic mass is 35.5. The van der Waals surface area contributed by atoms with Crippen LogP contribution in [0.15, 0.2) is 53.4 Å². The molecule has 3 nitrogen and oxygen atoms in total. The summed E-state index contributed by atoms with van der Waals surface area (Å²) in [5.74, 6) is 0.0151. The van der Waals surface area contributed by atoms with Gasteiger partial charge in [0.1, 0.15) is 11.3 Å². The summed E-state index contributed by atoms with van der Waals surface area (Å²) in [4.78, 5) is 12.2. The summed E-state index contributed by atoms with van der Waals surface area (Å²) in [6.45, 7) is 0.417. The van der Waals surface area contributed by atoms with Gasteiger partial charge in [-0.15, -0.1) is 11.8 Å². The molecule has 2 aromatic carbocycles. The van der Waals surface area contributed by atoms with Gasteiger partial charge in [0.2, 0.25) is 0 Å². The maximum Gasteiger partial charge on any atom is 0.339 e. The zero-order valence-corrected chi connectivity index (χ0v) is 12.2. The van der Waals surface area contributed by atoms with Crippen LogP contribution in [0.1, 0.15) is 10.4 Å². The first-order chi connectivity index (χ1) is 9.66. The van der Waals surface area contributed by atoms with Crippen LogP contribution in [0.25, 0.3) is 0 Å². The smallest absolute Gasteiger partial charge is 0.339 e. The molecule has 0 spiro atoms. The number of carboxylic acids is 1. The van der Waals surface area contributed by atoms with Crippen LogP contribution in [-0.2, 0) is 0 Å². The Labute approximate surface area is 126 Å². The number of carboxylic acid groups (broad SMARTS) is 1. The molecule has 2 aromatic rings. The molecule has 0 amide bonds. The molecule has 0 heterocycles. The molecular weight excluding hydrogens is 296 g/mol. The zero-order chi connectivity index (χ0) is 14.4. The molecule has 0 aliphatic heterocycles. The van der Waals surface area contributed by atoms with Gasteiger partial charge in [0.05, 0.1) is 6.61 Å². The van der Waals surface area contributed by atoms with Crippen molar-refractivity contribution in [1.29, 1.82) is 0 Å². The molecule has 0 saturated heterocycles. The molecule has 0 atom stereocenters. The molecule has 0 fully saturated rings. The molecule has 0 aliphatic rings. The number of thioether (sulfide) groups is 1. The van der Waals surface area contributed by atoms with E-state index in [1.54, 1.807) is 11.8 Å². The van der Waals surface area contributed by atoms with E-state index >= 15 is 0 Å². The van der Waals surface area contributed by atoms with Crippen molar-refractivity contribution in [3.8, 4) is 5.75 Å². The Morgan fingerprint density at radius 1 is 1.20 bits per heavy atom. The Kier molecular flexibility index (Phi) is 5.32. The van der Waals surface area contributed by atoms with Crippen LogP contribution in [0, 0.1) is 0 Å². The normalized spacial score (nSPS) is 10.2. The fraction of sp³-hybridized carbons (Fsp3) is 0.133. The van der Waals surface area contributed by atoms with Gasteiger partial charge in [-0.05, 0) is 30.3 Å². The fourth-order valence-corrected chi connectivity index (χ4v) is 2.53. The van der Waals surface area contributed by atoms with Gasteiger partial charge in [0, 0.05) is 15.7 Å². The summed E-state index contributed by atoms with van der Waals surface area (Å²) >= 11 is 7.50. The Balaban J connectivity index is 1.91. The molecule has 20 heavy (non-hydrogen) atoms. The maximum absolute atomic E-state index is 11.1. The van der Waals surface area contributed by atoms with Crippen molar-refractivity contribution in [3.63, 3.8) is 0 Å². The van der Waals surface area contributed by atoms with Crippen LogP contribution >= 0.6 is 23.4 Å². The van der Waals surface area contributed by atoms with Gasteiger partial charge in [-0.25, -0.2) is 4.79 Å². The first-order valence-electron chi connectivity index (χ1n) is 6.00. The van der Waals surface area contributed by atoms with Crippen molar-refractivity contribution in [3.05, 3.63) is 59.1 Å². The summed E-state index contributed by atoms with van der Waals surface area (Å²) in [7, 11) is 0. The molecule has 0 bridgehead atoms. The minimum Gasteiger partial charge on any atom is -0.492 e. The molecule has 0 aliphatic carbocycles. The lowest BCUT2D eigenvalue weighted by Gasteiger charge is -2.09. The van der Waals surface area contributed by atoms with E-state index in [2.05, 4.69) is 0 Å². The van der Waals surface area contributed by atoms with Crippen molar-refractivity contribution in [2.45, 2.75) is 4.90 Å². The molecule has 0 radical (unpaired) electrons. The second kappa shape index (κ2) is 7.22. The zero-order valence-electron chi connectivity index (χ0n) is 10.6. The van der Waals surface area contributed by atoms with Crippen LogP contribution < -0.4 is 4.74 Å². The van der Waals surface area contributed by atoms with E-state index in [0.717, 1.165) is 10.6 Å². The molecule has 0 saturated carbocycles. The van der Waals surface area contributed by atoms with E-state index in [-0.39, 0.29) is 5.56 Å². The van der Waals surface area contributed by atoms with Gasteiger partial charge >= 0.3 is 5.97 Å². The highest BCUT2D eigenvalue weighted by Gasteiger charge is 2.11. The van der Waals surface area contributed by atoms with E-state index in [9.17, 15) is 4.79 Å². The van der Waals surface area contributed by atoms with Crippen LogP contribution in [0.3, 0.4) is 0 Å². The molecule has 0 unspecified atom stereocenters.